The number of tetrazole rings is 1. The van der Waals surface area contributed by atoms with Crippen molar-refractivity contribution in [2.75, 3.05) is 57.4 Å². The maximum atomic E-state index is 13.0. The van der Waals surface area contributed by atoms with Gasteiger partial charge in [-0.15, -0.1) is 0 Å². The fraction of sp³-hybridized carbons (Fsp3) is 0.364. The summed E-state index contributed by atoms with van der Waals surface area (Å²) < 4.78 is 33.9. The predicted octanol–water partition coefficient (Wildman–Crippen LogP) is 0.646. The first-order chi connectivity index (χ1) is 16.5. The lowest BCUT2D eigenvalue weighted by molar-refractivity contribution is 0.0730. The molecular formula is C22H25N7O4S. The summed E-state index contributed by atoms with van der Waals surface area (Å²) in [6.45, 7) is 3.63. The van der Waals surface area contributed by atoms with Gasteiger partial charge in [-0.2, -0.15) is 8.99 Å². The second-order valence-electron chi connectivity index (χ2n) is 8.05. The standard InChI is InChI=1S/C22H25N7O4S/c30-21(18-6-8-20(9-7-18)34(31,32)28-14-16-33-17-15-28)26-10-12-27(13-11-26)22-23-24-25-29(22)19-4-2-1-3-5-19/h1-9H,10-17H2. The molecule has 0 atom stereocenters. The molecular weight excluding hydrogens is 458 g/mol. The number of nitrogens with zero attached hydrogens (tertiary/aromatic N) is 7. The molecule has 0 spiro atoms. The zero-order valence-electron chi connectivity index (χ0n) is 18.5. The van der Waals surface area contributed by atoms with E-state index in [4.69, 9.17) is 4.74 Å². The van der Waals surface area contributed by atoms with E-state index in [0.29, 0.717) is 64.0 Å². The van der Waals surface area contributed by atoms with E-state index in [2.05, 4.69) is 20.4 Å². The van der Waals surface area contributed by atoms with Crippen molar-refractivity contribution in [2.24, 2.45) is 0 Å². The van der Waals surface area contributed by atoms with E-state index in [1.54, 1.807) is 21.7 Å². The first-order valence-electron chi connectivity index (χ1n) is 11.1. The lowest BCUT2D eigenvalue weighted by atomic mass is 10.2. The van der Waals surface area contributed by atoms with Crippen LogP contribution in [0.25, 0.3) is 5.69 Å². The van der Waals surface area contributed by atoms with Gasteiger partial charge in [-0.25, -0.2) is 8.42 Å². The van der Waals surface area contributed by atoms with Crippen molar-refractivity contribution in [1.82, 2.24) is 29.4 Å². The maximum absolute atomic E-state index is 13.0. The number of para-hydroxylation sites is 1. The Kier molecular flexibility index (Phi) is 6.26. The minimum Gasteiger partial charge on any atom is -0.379 e. The summed E-state index contributed by atoms with van der Waals surface area (Å²) in [5, 5.41) is 12.1. The van der Waals surface area contributed by atoms with E-state index in [-0.39, 0.29) is 10.8 Å². The predicted molar refractivity (Wildman–Crippen MR) is 123 cm³/mol. The van der Waals surface area contributed by atoms with Crippen LogP contribution in [0.15, 0.2) is 59.5 Å². The molecule has 178 valence electrons. The van der Waals surface area contributed by atoms with Crippen molar-refractivity contribution in [3.05, 3.63) is 60.2 Å². The number of carbonyl (C=O) groups is 1. The Morgan fingerprint density at radius 2 is 1.53 bits per heavy atom. The molecule has 0 unspecified atom stereocenters. The highest BCUT2D eigenvalue weighted by Crippen LogP contribution is 2.20. The fourth-order valence-electron chi connectivity index (χ4n) is 4.11. The van der Waals surface area contributed by atoms with Gasteiger partial charge in [0.25, 0.3) is 5.91 Å². The highest BCUT2D eigenvalue weighted by Gasteiger charge is 2.28. The summed E-state index contributed by atoms with van der Waals surface area (Å²) in [5.41, 5.74) is 1.33. The molecule has 1 aromatic heterocycles. The van der Waals surface area contributed by atoms with Gasteiger partial charge in [-0.3, -0.25) is 4.79 Å². The minimum absolute atomic E-state index is 0.127. The van der Waals surface area contributed by atoms with Crippen molar-refractivity contribution in [3.63, 3.8) is 0 Å². The molecule has 2 aliphatic rings. The van der Waals surface area contributed by atoms with Gasteiger partial charge in [0.05, 0.1) is 23.8 Å². The van der Waals surface area contributed by atoms with Crippen LogP contribution in [0.1, 0.15) is 10.4 Å². The normalized spacial score (nSPS) is 17.6. The molecule has 2 saturated heterocycles. The van der Waals surface area contributed by atoms with Crippen LogP contribution >= 0.6 is 0 Å². The van der Waals surface area contributed by atoms with Gasteiger partial charge in [0.15, 0.2) is 0 Å². The van der Waals surface area contributed by atoms with Crippen LogP contribution in [-0.2, 0) is 14.8 Å². The fourth-order valence-corrected chi connectivity index (χ4v) is 5.52. The number of ether oxygens (including phenoxy) is 1. The Morgan fingerprint density at radius 3 is 2.21 bits per heavy atom. The molecule has 2 aliphatic heterocycles. The monoisotopic (exact) mass is 483 g/mol. The average molecular weight is 484 g/mol. The van der Waals surface area contributed by atoms with Crippen LogP contribution in [0, 0.1) is 0 Å². The lowest BCUT2D eigenvalue weighted by Crippen LogP contribution is -2.49. The number of hydrogen-bond donors (Lipinski definition) is 0. The molecule has 0 N–H and O–H groups in total. The summed E-state index contributed by atoms with van der Waals surface area (Å²) >= 11 is 0. The van der Waals surface area contributed by atoms with Crippen LogP contribution < -0.4 is 4.90 Å². The number of benzene rings is 2. The second kappa shape index (κ2) is 9.49. The van der Waals surface area contributed by atoms with Gasteiger partial charge in [0, 0.05) is 44.8 Å². The van der Waals surface area contributed by atoms with Gasteiger partial charge in [0.1, 0.15) is 0 Å². The number of rotatable bonds is 5. The number of aromatic nitrogens is 4. The Balaban J connectivity index is 1.23. The number of piperazine rings is 1. The molecule has 2 fully saturated rings. The van der Waals surface area contributed by atoms with E-state index in [0.717, 1.165) is 5.69 Å². The third-order valence-electron chi connectivity index (χ3n) is 6.01. The summed E-state index contributed by atoms with van der Waals surface area (Å²) in [4.78, 5) is 17.0. The van der Waals surface area contributed by atoms with Crippen molar-refractivity contribution >= 4 is 21.9 Å². The average Bonchev–Trinajstić information content (AvgIpc) is 3.40. The molecule has 1 amide bonds. The van der Waals surface area contributed by atoms with Crippen molar-refractivity contribution in [3.8, 4) is 5.69 Å². The molecule has 12 heteroatoms. The van der Waals surface area contributed by atoms with Crippen molar-refractivity contribution in [1.29, 1.82) is 0 Å². The second-order valence-corrected chi connectivity index (χ2v) is 9.98. The van der Waals surface area contributed by atoms with E-state index >= 15 is 0 Å². The van der Waals surface area contributed by atoms with E-state index < -0.39 is 10.0 Å². The summed E-state index contributed by atoms with van der Waals surface area (Å²) in [7, 11) is -3.59. The van der Waals surface area contributed by atoms with Crippen LogP contribution in [-0.4, -0.2) is 96.2 Å². The van der Waals surface area contributed by atoms with E-state index in [1.807, 2.05) is 30.3 Å². The molecule has 34 heavy (non-hydrogen) atoms. The SMILES string of the molecule is O=C(c1ccc(S(=O)(=O)N2CCOCC2)cc1)N1CCN(c2nnnn2-c2ccccc2)CC1. The Labute approximate surface area is 197 Å². The zero-order valence-corrected chi connectivity index (χ0v) is 19.3. The molecule has 2 aromatic carbocycles. The molecule has 0 radical (unpaired) electrons. The largest absolute Gasteiger partial charge is 0.379 e. The molecule has 3 heterocycles. The topological polar surface area (TPSA) is 114 Å². The number of sulfonamides is 1. The maximum Gasteiger partial charge on any atom is 0.253 e. The zero-order chi connectivity index (χ0) is 23.5. The molecule has 0 bridgehead atoms. The van der Waals surface area contributed by atoms with Gasteiger partial charge in [-0.1, -0.05) is 23.3 Å². The van der Waals surface area contributed by atoms with Crippen molar-refractivity contribution < 1.29 is 17.9 Å². The van der Waals surface area contributed by atoms with Crippen molar-refractivity contribution in [2.45, 2.75) is 4.90 Å². The van der Waals surface area contributed by atoms with Crippen LogP contribution in [0.2, 0.25) is 0 Å². The van der Waals surface area contributed by atoms with Gasteiger partial charge < -0.3 is 14.5 Å². The summed E-state index contributed by atoms with van der Waals surface area (Å²) in [6.07, 6.45) is 0. The summed E-state index contributed by atoms with van der Waals surface area (Å²) in [5.74, 6) is 0.508. The minimum atomic E-state index is -3.59. The summed E-state index contributed by atoms with van der Waals surface area (Å²) in [6, 6.07) is 15.8. The number of morpholine rings is 1. The van der Waals surface area contributed by atoms with E-state index in [9.17, 15) is 13.2 Å². The Hall–Kier alpha value is -3.35. The van der Waals surface area contributed by atoms with Crippen LogP contribution in [0.3, 0.4) is 0 Å². The molecule has 0 saturated carbocycles. The van der Waals surface area contributed by atoms with Crippen LogP contribution in [0.4, 0.5) is 5.95 Å². The number of carbonyl (C=O) groups excluding carboxylic acids is 1. The number of anilines is 1. The molecule has 5 rings (SSSR count). The van der Waals surface area contributed by atoms with Crippen LogP contribution in [0.5, 0.6) is 0 Å². The highest BCUT2D eigenvalue weighted by atomic mass is 32.2. The number of hydrogen-bond acceptors (Lipinski definition) is 8. The molecule has 3 aromatic rings. The third kappa shape index (κ3) is 4.39. The number of amides is 1. The smallest absolute Gasteiger partial charge is 0.253 e. The Bertz CT molecular complexity index is 1230. The highest BCUT2D eigenvalue weighted by molar-refractivity contribution is 7.89. The van der Waals surface area contributed by atoms with Gasteiger partial charge in [-0.05, 0) is 46.8 Å². The third-order valence-corrected chi connectivity index (χ3v) is 7.93. The van der Waals surface area contributed by atoms with Gasteiger partial charge >= 0.3 is 0 Å². The van der Waals surface area contributed by atoms with Gasteiger partial charge in [0.2, 0.25) is 16.0 Å². The first-order valence-corrected chi connectivity index (χ1v) is 12.5. The Morgan fingerprint density at radius 1 is 0.853 bits per heavy atom. The van der Waals surface area contributed by atoms with E-state index in [1.165, 1.54) is 16.4 Å². The quantitative estimate of drug-likeness (QED) is 0.520. The molecule has 11 nitrogen and oxygen atoms in total. The lowest BCUT2D eigenvalue weighted by Gasteiger charge is -2.34. The molecule has 0 aliphatic carbocycles. The first kappa shape index (κ1) is 22.4.